The highest BCUT2D eigenvalue weighted by molar-refractivity contribution is 7.89. The van der Waals surface area contributed by atoms with E-state index in [0.29, 0.717) is 80.2 Å². The number of hydrogen-bond donors (Lipinski definition) is 1. The standard InChI is InChI=1S/C25H26ClN9O3S/c26-18-2-4-19(5-3-18)39(36,37)35-9-7-33(8-10-35)21-6-1-17(15-28-21)20-16-29-23-22(30-20)24(32-25(27)31-23)34-11-13-38-14-12-34/h1-6,15-16H,7-14H2,(H2,27,29,31,32). The van der Waals surface area contributed by atoms with Crippen LogP contribution in [-0.2, 0) is 14.8 Å². The molecule has 5 heterocycles. The quantitative estimate of drug-likeness (QED) is 0.378. The number of fused-ring (bicyclic) bond motifs is 1. The van der Waals surface area contributed by atoms with Crippen LogP contribution in [0.1, 0.15) is 0 Å². The maximum absolute atomic E-state index is 13.0. The molecule has 2 fully saturated rings. The van der Waals surface area contributed by atoms with Crippen molar-refractivity contribution in [1.82, 2.24) is 29.2 Å². The fourth-order valence-electron chi connectivity index (χ4n) is 4.68. The summed E-state index contributed by atoms with van der Waals surface area (Å²) < 4.78 is 32.9. The number of morpholine rings is 1. The van der Waals surface area contributed by atoms with E-state index in [0.717, 1.165) is 11.4 Å². The highest BCUT2D eigenvalue weighted by Crippen LogP contribution is 2.27. The molecule has 0 amide bonds. The van der Waals surface area contributed by atoms with Gasteiger partial charge in [-0.05, 0) is 36.4 Å². The molecule has 202 valence electrons. The molecule has 1 aromatic carbocycles. The summed E-state index contributed by atoms with van der Waals surface area (Å²) in [5.41, 5.74) is 8.38. The van der Waals surface area contributed by atoms with E-state index in [4.69, 9.17) is 27.1 Å². The zero-order valence-corrected chi connectivity index (χ0v) is 22.5. The van der Waals surface area contributed by atoms with E-state index in [-0.39, 0.29) is 10.8 Å². The molecule has 39 heavy (non-hydrogen) atoms. The van der Waals surface area contributed by atoms with Gasteiger partial charge in [0.05, 0.1) is 30.0 Å². The van der Waals surface area contributed by atoms with Gasteiger partial charge in [0.2, 0.25) is 16.0 Å². The molecule has 14 heteroatoms. The molecule has 3 aromatic heterocycles. The molecule has 4 aromatic rings. The second-order valence-electron chi connectivity index (χ2n) is 9.18. The van der Waals surface area contributed by atoms with Crippen LogP contribution in [0.2, 0.25) is 5.02 Å². The first kappa shape index (κ1) is 25.6. The largest absolute Gasteiger partial charge is 0.378 e. The zero-order chi connectivity index (χ0) is 27.0. The Morgan fingerprint density at radius 1 is 0.821 bits per heavy atom. The van der Waals surface area contributed by atoms with E-state index in [9.17, 15) is 8.42 Å². The lowest BCUT2D eigenvalue weighted by Gasteiger charge is -2.34. The lowest BCUT2D eigenvalue weighted by molar-refractivity contribution is 0.122. The van der Waals surface area contributed by atoms with E-state index < -0.39 is 10.0 Å². The maximum Gasteiger partial charge on any atom is 0.243 e. The zero-order valence-electron chi connectivity index (χ0n) is 20.9. The fraction of sp³-hybridized carbons (Fsp3) is 0.320. The minimum atomic E-state index is -3.58. The number of piperazine rings is 1. The number of aromatic nitrogens is 5. The smallest absolute Gasteiger partial charge is 0.243 e. The minimum Gasteiger partial charge on any atom is -0.378 e. The summed E-state index contributed by atoms with van der Waals surface area (Å²) in [7, 11) is -3.58. The Hall–Kier alpha value is -3.65. The van der Waals surface area contributed by atoms with Crippen LogP contribution in [-0.4, -0.2) is 90.1 Å². The Morgan fingerprint density at radius 2 is 1.56 bits per heavy atom. The molecule has 2 aliphatic rings. The lowest BCUT2D eigenvalue weighted by atomic mass is 10.2. The minimum absolute atomic E-state index is 0.151. The summed E-state index contributed by atoms with van der Waals surface area (Å²) in [5, 5.41) is 0.499. The molecule has 0 spiro atoms. The molecular weight excluding hydrogens is 542 g/mol. The van der Waals surface area contributed by atoms with Crippen molar-refractivity contribution in [1.29, 1.82) is 0 Å². The third-order valence-electron chi connectivity index (χ3n) is 6.77. The molecule has 0 atom stereocenters. The Morgan fingerprint density at radius 3 is 2.26 bits per heavy atom. The molecule has 0 saturated carbocycles. The van der Waals surface area contributed by atoms with Crippen LogP contribution < -0.4 is 15.5 Å². The van der Waals surface area contributed by atoms with Crippen molar-refractivity contribution in [3.63, 3.8) is 0 Å². The van der Waals surface area contributed by atoms with Crippen LogP contribution >= 0.6 is 11.6 Å². The first-order valence-electron chi connectivity index (χ1n) is 12.5. The number of sulfonamides is 1. The van der Waals surface area contributed by atoms with E-state index in [1.165, 1.54) is 16.4 Å². The fourth-order valence-corrected chi connectivity index (χ4v) is 6.23. The number of nitrogens with two attached hydrogens (primary N) is 1. The Bertz CT molecular complexity index is 1590. The maximum atomic E-state index is 13.0. The van der Waals surface area contributed by atoms with Gasteiger partial charge in [0, 0.05) is 56.1 Å². The van der Waals surface area contributed by atoms with Gasteiger partial charge in [-0.2, -0.15) is 14.3 Å². The number of nitrogens with zero attached hydrogens (tertiary/aromatic N) is 8. The van der Waals surface area contributed by atoms with Gasteiger partial charge in [-0.15, -0.1) is 0 Å². The predicted molar refractivity (Wildman–Crippen MR) is 148 cm³/mol. The van der Waals surface area contributed by atoms with Gasteiger partial charge in [-0.3, -0.25) is 0 Å². The van der Waals surface area contributed by atoms with Gasteiger partial charge in [0.15, 0.2) is 17.0 Å². The molecular formula is C25H26ClN9O3S. The Balaban J connectivity index is 1.18. The van der Waals surface area contributed by atoms with Crippen LogP contribution in [0.4, 0.5) is 17.6 Å². The van der Waals surface area contributed by atoms with E-state index in [2.05, 4.69) is 29.7 Å². The highest BCUT2D eigenvalue weighted by atomic mass is 35.5. The summed E-state index contributed by atoms with van der Waals surface area (Å²) in [6.45, 7) is 4.34. The number of rotatable bonds is 5. The van der Waals surface area contributed by atoms with Crippen LogP contribution in [0, 0.1) is 0 Å². The van der Waals surface area contributed by atoms with Crippen molar-refractivity contribution in [2.75, 3.05) is 68.0 Å². The summed E-state index contributed by atoms with van der Waals surface area (Å²) in [6, 6.07) is 10.1. The second-order valence-corrected chi connectivity index (χ2v) is 11.6. The Labute approximate surface area is 230 Å². The molecule has 0 unspecified atom stereocenters. The van der Waals surface area contributed by atoms with Gasteiger partial charge in [0.1, 0.15) is 5.82 Å². The summed E-state index contributed by atoms with van der Waals surface area (Å²) in [5.74, 6) is 1.56. The number of ether oxygens (including phenoxy) is 1. The van der Waals surface area contributed by atoms with Gasteiger partial charge >= 0.3 is 0 Å². The molecule has 6 rings (SSSR count). The lowest BCUT2D eigenvalue weighted by Crippen LogP contribution is -2.48. The van der Waals surface area contributed by atoms with Gasteiger partial charge in [0.25, 0.3) is 0 Å². The van der Waals surface area contributed by atoms with Crippen LogP contribution in [0.5, 0.6) is 0 Å². The van der Waals surface area contributed by atoms with E-state index in [1.54, 1.807) is 24.5 Å². The van der Waals surface area contributed by atoms with E-state index >= 15 is 0 Å². The van der Waals surface area contributed by atoms with Crippen molar-refractivity contribution in [3.05, 3.63) is 53.8 Å². The summed E-state index contributed by atoms with van der Waals surface area (Å²) in [6.07, 6.45) is 3.39. The number of hydrogen-bond acceptors (Lipinski definition) is 11. The van der Waals surface area contributed by atoms with E-state index in [1.807, 2.05) is 12.1 Å². The van der Waals surface area contributed by atoms with Crippen molar-refractivity contribution in [2.45, 2.75) is 4.90 Å². The molecule has 0 radical (unpaired) electrons. The molecule has 2 N–H and O–H groups in total. The third kappa shape index (κ3) is 5.17. The van der Waals surface area contributed by atoms with Crippen molar-refractivity contribution in [2.24, 2.45) is 0 Å². The summed E-state index contributed by atoms with van der Waals surface area (Å²) >= 11 is 5.91. The second kappa shape index (κ2) is 10.5. The highest BCUT2D eigenvalue weighted by Gasteiger charge is 2.29. The normalized spacial score (nSPS) is 17.1. The predicted octanol–water partition coefficient (Wildman–Crippen LogP) is 2.06. The number of nitrogen functional groups attached to an aromatic ring is 1. The van der Waals surface area contributed by atoms with Crippen molar-refractivity contribution >= 4 is 50.4 Å². The molecule has 12 nitrogen and oxygen atoms in total. The number of halogens is 1. The van der Waals surface area contributed by atoms with Gasteiger partial charge in [-0.1, -0.05) is 11.6 Å². The van der Waals surface area contributed by atoms with Gasteiger partial charge in [-0.25, -0.2) is 23.4 Å². The van der Waals surface area contributed by atoms with Crippen molar-refractivity contribution < 1.29 is 13.2 Å². The Kier molecular flexibility index (Phi) is 6.89. The topological polar surface area (TPSA) is 144 Å². The first-order chi connectivity index (χ1) is 18.9. The van der Waals surface area contributed by atoms with Crippen LogP contribution in [0.25, 0.3) is 22.4 Å². The third-order valence-corrected chi connectivity index (χ3v) is 8.94. The van der Waals surface area contributed by atoms with Crippen molar-refractivity contribution in [3.8, 4) is 11.3 Å². The monoisotopic (exact) mass is 567 g/mol. The molecule has 0 bridgehead atoms. The first-order valence-corrected chi connectivity index (χ1v) is 14.3. The molecule has 2 aliphatic heterocycles. The number of benzene rings is 1. The van der Waals surface area contributed by atoms with Crippen LogP contribution in [0.3, 0.4) is 0 Å². The van der Waals surface area contributed by atoms with Gasteiger partial charge < -0.3 is 20.3 Å². The van der Waals surface area contributed by atoms with Crippen LogP contribution in [0.15, 0.2) is 53.7 Å². The SMILES string of the molecule is Nc1nc(N2CCOCC2)c2nc(-c3ccc(N4CCN(S(=O)(=O)c5ccc(Cl)cc5)CC4)nc3)cnc2n1. The number of anilines is 3. The molecule has 2 saturated heterocycles. The molecule has 0 aliphatic carbocycles. The average Bonchev–Trinajstić information content (AvgIpc) is 2.97. The summed E-state index contributed by atoms with van der Waals surface area (Å²) in [4.78, 5) is 27.0. The number of pyridine rings is 1. The average molecular weight is 568 g/mol.